The number of hydrogen-bond donors (Lipinski definition) is 0. The number of aromatic nitrogens is 1. The summed E-state index contributed by atoms with van der Waals surface area (Å²) in [6.45, 7) is 0.998. The molecule has 0 saturated carbocycles. The summed E-state index contributed by atoms with van der Waals surface area (Å²) in [6.07, 6.45) is 2.07. The van der Waals surface area contributed by atoms with Gasteiger partial charge < -0.3 is 0 Å². The van der Waals surface area contributed by atoms with E-state index in [0.29, 0.717) is 4.90 Å². The molecule has 0 spiro atoms. The van der Waals surface area contributed by atoms with Crippen molar-refractivity contribution >= 4 is 20.9 Å². The molecule has 1 atom stereocenters. The van der Waals surface area contributed by atoms with E-state index in [0.717, 1.165) is 36.0 Å². The molecule has 1 aliphatic heterocycles. The van der Waals surface area contributed by atoms with Crippen molar-refractivity contribution in [3.63, 3.8) is 0 Å². The Labute approximate surface area is 142 Å². The van der Waals surface area contributed by atoms with Gasteiger partial charge in [0.25, 0.3) is 10.0 Å². The first-order chi connectivity index (χ1) is 11.6. The van der Waals surface area contributed by atoms with Crippen LogP contribution in [0.4, 0.5) is 0 Å². The number of likely N-dealkylation sites (tertiary alicyclic amines) is 1. The van der Waals surface area contributed by atoms with Crippen LogP contribution in [0.2, 0.25) is 0 Å². The fraction of sp³-hybridized carbons (Fsp3) is 0.263. The molecule has 1 aliphatic rings. The minimum absolute atomic E-state index is 0.135. The highest BCUT2D eigenvalue weighted by atomic mass is 32.2. The summed E-state index contributed by atoms with van der Waals surface area (Å²) in [5, 5.41) is 0.965. The first kappa shape index (κ1) is 15.4. The Balaban J connectivity index is 2.00. The van der Waals surface area contributed by atoms with Crippen molar-refractivity contribution < 1.29 is 8.42 Å². The second kappa shape index (κ2) is 5.76. The largest absolute Gasteiger partial charge is 0.298 e. The molecule has 0 amide bonds. The van der Waals surface area contributed by atoms with Crippen LogP contribution in [0.5, 0.6) is 0 Å². The van der Waals surface area contributed by atoms with Crippen molar-refractivity contribution in [3.05, 3.63) is 66.4 Å². The van der Waals surface area contributed by atoms with Gasteiger partial charge in [0.2, 0.25) is 0 Å². The van der Waals surface area contributed by atoms with Crippen LogP contribution < -0.4 is 0 Å². The normalized spacial score (nSPS) is 19.1. The second-order valence-corrected chi connectivity index (χ2v) is 8.14. The number of para-hydroxylation sites is 1. The van der Waals surface area contributed by atoms with E-state index in [2.05, 4.69) is 11.9 Å². The summed E-state index contributed by atoms with van der Waals surface area (Å²) < 4.78 is 28.2. The lowest BCUT2D eigenvalue weighted by molar-refractivity contribution is 0.311. The van der Waals surface area contributed by atoms with Gasteiger partial charge in [0.15, 0.2) is 0 Å². The molecule has 1 unspecified atom stereocenters. The molecule has 4 rings (SSSR count). The van der Waals surface area contributed by atoms with Crippen LogP contribution >= 0.6 is 0 Å². The van der Waals surface area contributed by atoms with Crippen LogP contribution in [0.25, 0.3) is 10.9 Å². The third-order valence-electron chi connectivity index (χ3n) is 4.84. The summed E-state index contributed by atoms with van der Waals surface area (Å²) in [5.74, 6) is 0. The maximum absolute atomic E-state index is 13.3. The van der Waals surface area contributed by atoms with Gasteiger partial charge in [-0.15, -0.1) is 0 Å². The van der Waals surface area contributed by atoms with Crippen LogP contribution in [-0.4, -0.2) is 30.9 Å². The predicted molar refractivity (Wildman–Crippen MR) is 95.6 cm³/mol. The van der Waals surface area contributed by atoms with Crippen molar-refractivity contribution in [2.24, 2.45) is 0 Å². The summed E-state index contributed by atoms with van der Waals surface area (Å²) in [4.78, 5) is 2.57. The van der Waals surface area contributed by atoms with Gasteiger partial charge in [-0.05, 0) is 50.7 Å². The Morgan fingerprint density at radius 1 is 1.00 bits per heavy atom. The Hall–Kier alpha value is -2.11. The van der Waals surface area contributed by atoms with Crippen LogP contribution in [-0.2, 0) is 10.0 Å². The average molecular weight is 340 g/mol. The smallest absolute Gasteiger partial charge is 0.268 e. The van der Waals surface area contributed by atoms with E-state index >= 15 is 0 Å². The Kier molecular flexibility index (Phi) is 3.70. The fourth-order valence-corrected chi connectivity index (χ4v) is 5.22. The fourth-order valence-electron chi connectivity index (χ4n) is 3.63. The van der Waals surface area contributed by atoms with Crippen LogP contribution in [0.1, 0.15) is 24.6 Å². The Morgan fingerprint density at radius 3 is 2.42 bits per heavy atom. The molecule has 0 aliphatic carbocycles. The highest BCUT2D eigenvalue weighted by Crippen LogP contribution is 2.36. The van der Waals surface area contributed by atoms with Crippen LogP contribution in [0, 0.1) is 0 Å². The molecule has 24 heavy (non-hydrogen) atoms. The van der Waals surface area contributed by atoms with Gasteiger partial charge in [-0.25, -0.2) is 12.4 Å². The van der Waals surface area contributed by atoms with Gasteiger partial charge in [0.05, 0.1) is 22.1 Å². The number of hydrogen-bond acceptors (Lipinski definition) is 3. The minimum atomic E-state index is -3.62. The van der Waals surface area contributed by atoms with Crippen LogP contribution in [0.3, 0.4) is 0 Å². The van der Waals surface area contributed by atoms with E-state index in [9.17, 15) is 8.42 Å². The minimum Gasteiger partial charge on any atom is -0.298 e. The average Bonchev–Trinajstić information content (AvgIpc) is 3.18. The zero-order valence-electron chi connectivity index (χ0n) is 13.6. The van der Waals surface area contributed by atoms with E-state index in [-0.39, 0.29) is 6.04 Å². The lowest BCUT2D eigenvalue weighted by atomic mass is 10.1. The van der Waals surface area contributed by atoms with E-state index in [1.165, 1.54) is 0 Å². The lowest BCUT2D eigenvalue weighted by Gasteiger charge is -2.22. The van der Waals surface area contributed by atoms with Gasteiger partial charge in [-0.1, -0.05) is 36.4 Å². The Bertz CT molecular complexity index is 977. The number of benzene rings is 2. The van der Waals surface area contributed by atoms with E-state index in [4.69, 9.17) is 0 Å². The predicted octanol–water partition coefficient (Wildman–Crippen LogP) is 3.65. The molecular weight excluding hydrogens is 320 g/mol. The number of nitrogens with zero attached hydrogens (tertiary/aromatic N) is 2. The van der Waals surface area contributed by atoms with Crippen LogP contribution in [0.15, 0.2) is 65.6 Å². The van der Waals surface area contributed by atoms with E-state index in [1.807, 2.05) is 36.4 Å². The summed E-state index contributed by atoms with van der Waals surface area (Å²) in [6, 6.07) is 18.5. The second-order valence-electron chi connectivity index (χ2n) is 6.35. The van der Waals surface area contributed by atoms with E-state index in [1.54, 1.807) is 28.2 Å². The highest BCUT2D eigenvalue weighted by molar-refractivity contribution is 7.90. The van der Waals surface area contributed by atoms with Crippen molar-refractivity contribution in [3.8, 4) is 0 Å². The summed E-state index contributed by atoms with van der Waals surface area (Å²) >= 11 is 0. The lowest BCUT2D eigenvalue weighted by Crippen LogP contribution is -2.23. The molecule has 1 aromatic heterocycles. The Morgan fingerprint density at radius 2 is 1.71 bits per heavy atom. The topological polar surface area (TPSA) is 42.3 Å². The molecule has 0 bridgehead atoms. The van der Waals surface area contributed by atoms with Gasteiger partial charge in [0, 0.05) is 5.39 Å². The molecule has 0 N–H and O–H groups in total. The summed E-state index contributed by atoms with van der Waals surface area (Å²) in [5.41, 5.74) is 1.61. The SMILES string of the molecule is CN1CCCC1c1cc2ccccc2n1S(=O)(=O)c1ccccc1. The van der Waals surface area contributed by atoms with Gasteiger partial charge in [-0.3, -0.25) is 4.90 Å². The van der Waals surface area contributed by atoms with Crippen molar-refractivity contribution in [2.45, 2.75) is 23.8 Å². The van der Waals surface area contributed by atoms with Gasteiger partial charge in [-0.2, -0.15) is 0 Å². The monoisotopic (exact) mass is 340 g/mol. The van der Waals surface area contributed by atoms with Crippen molar-refractivity contribution in [2.75, 3.05) is 13.6 Å². The zero-order chi connectivity index (χ0) is 16.7. The van der Waals surface area contributed by atoms with Gasteiger partial charge >= 0.3 is 0 Å². The van der Waals surface area contributed by atoms with E-state index < -0.39 is 10.0 Å². The molecule has 4 nitrogen and oxygen atoms in total. The molecule has 124 valence electrons. The first-order valence-corrected chi connectivity index (χ1v) is 9.64. The third-order valence-corrected chi connectivity index (χ3v) is 6.59. The maximum Gasteiger partial charge on any atom is 0.268 e. The molecule has 5 heteroatoms. The standard InChI is InChI=1S/C19H20N2O2S/c1-20-13-7-12-18(20)19-14-15-8-5-6-11-17(15)21(19)24(22,23)16-9-3-2-4-10-16/h2-6,8-11,14,18H,7,12-13H2,1H3. The molecular formula is C19H20N2O2S. The zero-order valence-corrected chi connectivity index (χ0v) is 14.4. The highest BCUT2D eigenvalue weighted by Gasteiger charge is 2.31. The van der Waals surface area contributed by atoms with Gasteiger partial charge in [0.1, 0.15) is 0 Å². The molecule has 1 saturated heterocycles. The van der Waals surface area contributed by atoms with Crippen molar-refractivity contribution in [1.29, 1.82) is 0 Å². The molecule has 2 heterocycles. The number of fused-ring (bicyclic) bond motifs is 1. The number of rotatable bonds is 3. The third kappa shape index (κ3) is 2.36. The molecule has 2 aromatic carbocycles. The maximum atomic E-state index is 13.3. The molecule has 3 aromatic rings. The molecule has 0 radical (unpaired) electrons. The molecule has 1 fully saturated rings. The first-order valence-electron chi connectivity index (χ1n) is 8.20. The quantitative estimate of drug-likeness (QED) is 0.731. The van der Waals surface area contributed by atoms with Crippen molar-refractivity contribution in [1.82, 2.24) is 8.87 Å². The summed E-state index contributed by atoms with van der Waals surface area (Å²) in [7, 11) is -1.56.